The highest BCUT2D eigenvalue weighted by Gasteiger charge is 1.96. The number of hydrogen-bond acceptors (Lipinski definition) is 3. The van der Waals surface area contributed by atoms with Crippen LogP contribution in [0.3, 0.4) is 0 Å². The smallest absolute Gasteiger partial charge is 0.0991 e. The molecule has 0 aromatic heterocycles. The standard InChI is InChI=1S/C15H15N3/c1-17-15-4-2-3-13(9-15)11-18-14-7-5-12(10-16)6-8-14/h2-9,17-18H,11H2,1H3. The maximum absolute atomic E-state index is 8.72. The molecule has 0 bridgehead atoms. The van der Waals surface area contributed by atoms with Gasteiger partial charge in [0.25, 0.3) is 0 Å². The molecule has 0 aliphatic heterocycles. The summed E-state index contributed by atoms with van der Waals surface area (Å²) >= 11 is 0. The molecule has 0 unspecified atom stereocenters. The summed E-state index contributed by atoms with van der Waals surface area (Å²) in [6.07, 6.45) is 0. The van der Waals surface area contributed by atoms with Gasteiger partial charge in [-0.1, -0.05) is 12.1 Å². The van der Waals surface area contributed by atoms with E-state index in [0.717, 1.165) is 17.9 Å². The number of nitrogens with one attached hydrogen (secondary N) is 2. The molecule has 90 valence electrons. The van der Waals surface area contributed by atoms with E-state index in [1.807, 2.05) is 43.4 Å². The highest BCUT2D eigenvalue weighted by molar-refractivity contribution is 5.49. The molecule has 0 saturated carbocycles. The second kappa shape index (κ2) is 5.74. The van der Waals surface area contributed by atoms with Crippen molar-refractivity contribution in [3.63, 3.8) is 0 Å². The Morgan fingerprint density at radius 1 is 1.06 bits per heavy atom. The second-order valence-corrected chi connectivity index (χ2v) is 3.99. The first-order valence-electron chi connectivity index (χ1n) is 5.82. The van der Waals surface area contributed by atoms with Gasteiger partial charge in [-0.3, -0.25) is 0 Å². The number of hydrogen-bond donors (Lipinski definition) is 2. The van der Waals surface area contributed by atoms with E-state index in [-0.39, 0.29) is 0 Å². The van der Waals surface area contributed by atoms with Crippen LogP contribution in [0.25, 0.3) is 0 Å². The third kappa shape index (κ3) is 3.02. The number of benzene rings is 2. The molecule has 0 saturated heterocycles. The summed E-state index contributed by atoms with van der Waals surface area (Å²) in [4.78, 5) is 0. The Bertz CT molecular complexity index is 553. The van der Waals surface area contributed by atoms with E-state index >= 15 is 0 Å². The highest BCUT2D eigenvalue weighted by atomic mass is 14.9. The van der Waals surface area contributed by atoms with E-state index in [1.54, 1.807) is 0 Å². The predicted molar refractivity (Wildman–Crippen MR) is 74.5 cm³/mol. The Morgan fingerprint density at radius 3 is 2.50 bits per heavy atom. The molecule has 2 aromatic rings. The maximum Gasteiger partial charge on any atom is 0.0991 e. The topological polar surface area (TPSA) is 47.8 Å². The minimum absolute atomic E-state index is 0.678. The molecular formula is C15H15N3. The first-order chi connectivity index (χ1) is 8.81. The number of rotatable bonds is 4. The molecule has 2 aromatic carbocycles. The number of anilines is 2. The Labute approximate surface area is 107 Å². The SMILES string of the molecule is CNc1cccc(CNc2ccc(C#N)cc2)c1. The van der Waals surface area contributed by atoms with E-state index in [1.165, 1.54) is 5.56 Å². The first kappa shape index (κ1) is 12.0. The molecule has 3 nitrogen and oxygen atoms in total. The van der Waals surface area contributed by atoms with Crippen molar-refractivity contribution < 1.29 is 0 Å². The Hall–Kier alpha value is -2.47. The van der Waals surface area contributed by atoms with Gasteiger partial charge < -0.3 is 10.6 Å². The van der Waals surface area contributed by atoms with Crippen LogP contribution in [0.2, 0.25) is 0 Å². The first-order valence-corrected chi connectivity index (χ1v) is 5.82. The number of nitriles is 1. The van der Waals surface area contributed by atoms with Gasteiger partial charge in [0.15, 0.2) is 0 Å². The molecule has 2 N–H and O–H groups in total. The molecule has 0 aliphatic rings. The Balaban J connectivity index is 2.00. The summed E-state index contributed by atoms with van der Waals surface area (Å²) in [5.74, 6) is 0. The summed E-state index contributed by atoms with van der Waals surface area (Å²) in [6.45, 7) is 0.765. The Morgan fingerprint density at radius 2 is 1.83 bits per heavy atom. The summed E-state index contributed by atoms with van der Waals surface area (Å²) in [7, 11) is 1.91. The lowest BCUT2D eigenvalue weighted by molar-refractivity contribution is 1.15. The van der Waals surface area contributed by atoms with Crippen molar-refractivity contribution in [3.05, 3.63) is 59.7 Å². The van der Waals surface area contributed by atoms with E-state index in [2.05, 4.69) is 28.8 Å². The summed E-state index contributed by atoms with van der Waals surface area (Å²) in [5.41, 5.74) is 4.02. The zero-order valence-corrected chi connectivity index (χ0v) is 10.3. The second-order valence-electron chi connectivity index (χ2n) is 3.99. The minimum atomic E-state index is 0.678. The molecule has 0 heterocycles. The van der Waals surface area contributed by atoms with Gasteiger partial charge in [-0.05, 0) is 42.0 Å². The lowest BCUT2D eigenvalue weighted by atomic mass is 10.2. The molecule has 0 atom stereocenters. The van der Waals surface area contributed by atoms with E-state index in [9.17, 15) is 0 Å². The Kier molecular flexibility index (Phi) is 3.83. The quantitative estimate of drug-likeness (QED) is 0.858. The highest BCUT2D eigenvalue weighted by Crippen LogP contribution is 2.13. The van der Waals surface area contributed by atoms with Crippen LogP contribution < -0.4 is 10.6 Å². The lowest BCUT2D eigenvalue weighted by Crippen LogP contribution is -2.00. The van der Waals surface area contributed by atoms with Gasteiger partial charge in [0.2, 0.25) is 0 Å². The van der Waals surface area contributed by atoms with Gasteiger partial charge in [-0.2, -0.15) is 5.26 Å². The van der Waals surface area contributed by atoms with Crippen LogP contribution in [-0.4, -0.2) is 7.05 Å². The maximum atomic E-state index is 8.72. The van der Waals surface area contributed by atoms with Gasteiger partial charge in [-0.25, -0.2) is 0 Å². The molecule has 0 radical (unpaired) electrons. The minimum Gasteiger partial charge on any atom is -0.388 e. The van der Waals surface area contributed by atoms with Crippen molar-refractivity contribution in [2.45, 2.75) is 6.54 Å². The third-order valence-corrected chi connectivity index (χ3v) is 2.73. The van der Waals surface area contributed by atoms with Crippen LogP contribution >= 0.6 is 0 Å². The van der Waals surface area contributed by atoms with E-state index in [4.69, 9.17) is 5.26 Å². The fourth-order valence-corrected chi connectivity index (χ4v) is 1.70. The predicted octanol–water partition coefficient (Wildman–Crippen LogP) is 3.21. The molecule has 3 heteroatoms. The van der Waals surface area contributed by atoms with Gasteiger partial charge >= 0.3 is 0 Å². The van der Waals surface area contributed by atoms with E-state index < -0.39 is 0 Å². The van der Waals surface area contributed by atoms with Crippen molar-refractivity contribution in [2.24, 2.45) is 0 Å². The summed E-state index contributed by atoms with van der Waals surface area (Å²) in [6, 6.07) is 17.8. The van der Waals surface area contributed by atoms with Crippen molar-refractivity contribution in [3.8, 4) is 6.07 Å². The molecule has 0 fully saturated rings. The molecule has 0 amide bonds. The monoisotopic (exact) mass is 237 g/mol. The largest absolute Gasteiger partial charge is 0.388 e. The molecule has 0 aliphatic carbocycles. The van der Waals surface area contributed by atoms with Gasteiger partial charge in [0.05, 0.1) is 11.6 Å². The van der Waals surface area contributed by atoms with Crippen LogP contribution in [0.5, 0.6) is 0 Å². The van der Waals surface area contributed by atoms with Crippen LogP contribution in [-0.2, 0) is 6.54 Å². The molecular weight excluding hydrogens is 222 g/mol. The van der Waals surface area contributed by atoms with Crippen molar-refractivity contribution in [1.82, 2.24) is 0 Å². The van der Waals surface area contributed by atoms with Crippen molar-refractivity contribution >= 4 is 11.4 Å². The van der Waals surface area contributed by atoms with Crippen molar-refractivity contribution in [1.29, 1.82) is 5.26 Å². The van der Waals surface area contributed by atoms with Crippen LogP contribution in [0.15, 0.2) is 48.5 Å². The molecule has 18 heavy (non-hydrogen) atoms. The summed E-state index contributed by atoms with van der Waals surface area (Å²) in [5, 5.41) is 15.2. The normalized spacial score (nSPS) is 9.56. The average molecular weight is 237 g/mol. The summed E-state index contributed by atoms with van der Waals surface area (Å²) < 4.78 is 0. The fraction of sp³-hybridized carbons (Fsp3) is 0.133. The van der Waals surface area contributed by atoms with Crippen LogP contribution in [0.1, 0.15) is 11.1 Å². The lowest BCUT2D eigenvalue weighted by Gasteiger charge is -2.08. The van der Waals surface area contributed by atoms with E-state index in [0.29, 0.717) is 5.56 Å². The van der Waals surface area contributed by atoms with Crippen LogP contribution in [0, 0.1) is 11.3 Å². The van der Waals surface area contributed by atoms with Crippen molar-refractivity contribution in [2.75, 3.05) is 17.7 Å². The van der Waals surface area contributed by atoms with Gasteiger partial charge in [0.1, 0.15) is 0 Å². The third-order valence-electron chi connectivity index (χ3n) is 2.73. The van der Waals surface area contributed by atoms with Gasteiger partial charge in [0, 0.05) is 25.0 Å². The molecule has 0 spiro atoms. The fourth-order valence-electron chi connectivity index (χ4n) is 1.70. The zero-order valence-electron chi connectivity index (χ0n) is 10.3. The average Bonchev–Trinajstić information content (AvgIpc) is 2.46. The zero-order chi connectivity index (χ0) is 12.8. The number of nitrogens with zero attached hydrogens (tertiary/aromatic N) is 1. The van der Waals surface area contributed by atoms with Crippen LogP contribution in [0.4, 0.5) is 11.4 Å². The van der Waals surface area contributed by atoms with Gasteiger partial charge in [-0.15, -0.1) is 0 Å². The molecule has 2 rings (SSSR count).